The first-order chi connectivity index (χ1) is 9.72. The first-order valence-corrected chi connectivity index (χ1v) is 6.68. The van der Waals surface area contributed by atoms with Gasteiger partial charge in [-0.25, -0.2) is 4.39 Å². The molecule has 0 aliphatic heterocycles. The molecule has 0 bridgehead atoms. The van der Waals surface area contributed by atoms with Crippen LogP contribution in [-0.4, -0.2) is 18.6 Å². The quantitative estimate of drug-likeness (QED) is 0.878. The number of benzene rings is 1. The number of halogens is 1. The Morgan fingerprint density at radius 1 is 1.25 bits per heavy atom. The van der Waals surface area contributed by atoms with Gasteiger partial charge >= 0.3 is 0 Å². The van der Waals surface area contributed by atoms with E-state index in [2.05, 4.69) is 10.3 Å². The van der Waals surface area contributed by atoms with Crippen molar-refractivity contribution in [1.82, 2.24) is 10.3 Å². The number of hydrogen-bond acceptors (Lipinski definition) is 3. The maximum Gasteiger partial charge on any atom is 0.131 e. The summed E-state index contributed by atoms with van der Waals surface area (Å²) in [6.45, 7) is 2.66. The van der Waals surface area contributed by atoms with Crippen molar-refractivity contribution in [2.45, 2.75) is 19.4 Å². The van der Waals surface area contributed by atoms with Crippen molar-refractivity contribution in [2.75, 3.05) is 13.7 Å². The summed E-state index contributed by atoms with van der Waals surface area (Å²) in [6.07, 6.45) is 2.58. The van der Waals surface area contributed by atoms with E-state index < -0.39 is 0 Å². The number of rotatable bonds is 6. The van der Waals surface area contributed by atoms with Gasteiger partial charge in [-0.1, -0.05) is 12.1 Å². The Morgan fingerprint density at radius 3 is 2.80 bits per heavy atom. The number of hydrogen-bond donors (Lipinski definition) is 1. The fraction of sp³-hybridized carbons (Fsp3) is 0.312. The summed E-state index contributed by atoms with van der Waals surface area (Å²) >= 11 is 0. The number of ether oxygens (including phenoxy) is 1. The van der Waals surface area contributed by atoms with Crippen LogP contribution in [0.5, 0.6) is 5.75 Å². The van der Waals surface area contributed by atoms with E-state index in [-0.39, 0.29) is 11.9 Å². The van der Waals surface area contributed by atoms with Crippen LogP contribution in [0.1, 0.15) is 24.2 Å². The van der Waals surface area contributed by atoms with Crippen molar-refractivity contribution in [3.63, 3.8) is 0 Å². The molecule has 1 atom stereocenters. The Balaban J connectivity index is 1.97. The number of nitrogens with one attached hydrogen (secondary N) is 1. The summed E-state index contributed by atoms with van der Waals surface area (Å²) in [7, 11) is 1.55. The minimum atomic E-state index is -0.248. The predicted molar refractivity (Wildman–Crippen MR) is 77.3 cm³/mol. The van der Waals surface area contributed by atoms with Crippen molar-refractivity contribution in [2.24, 2.45) is 0 Å². The molecular weight excluding hydrogens is 255 g/mol. The number of aromatic nitrogens is 1. The largest absolute Gasteiger partial charge is 0.496 e. The first-order valence-electron chi connectivity index (χ1n) is 6.68. The van der Waals surface area contributed by atoms with Crippen LogP contribution in [-0.2, 0) is 6.42 Å². The molecule has 0 amide bonds. The molecule has 20 heavy (non-hydrogen) atoms. The third kappa shape index (κ3) is 3.54. The van der Waals surface area contributed by atoms with Gasteiger partial charge in [-0.15, -0.1) is 0 Å². The number of methoxy groups -OCH3 is 1. The Kier molecular flexibility index (Phi) is 5.07. The third-order valence-corrected chi connectivity index (χ3v) is 3.22. The van der Waals surface area contributed by atoms with Gasteiger partial charge in [0.15, 0.2) is 0 Å². The molecule has 0 saturated heterocycles. The minimum Gasteiger partial charge on any atom is -0.496 e. The molecule has 1 aromatic heterocycles. The lowest BCUT2D eigenvalue weighted by atomic mass is 10.1. The molecule has 0 spiro atoms. The van der Waals surface area contributed by atoms with E-state index in [1.807, 2.05) is 25.1 Å². The van der Waals surface area contributed by atoms with E-state index in [9.17, 15) is 4.39 Å². The molecule has 0 aliphatic carbocycles. The second-order valence-electron chi connectivity index (χ2n) is 4.60. The van der Waals surface area contributed by atoms with Crippen LogP contribution < -0.4 is 10.1 Å². The van der Waals surface area contributed by atoms with Crippen molar-refractivity contribution >= 4 is 0 Å². The van der Waals surface area contributed by atoms with Gasteiger partial charge in [0.2, 0.25) is 0 Å². The smallest absolute Gasteiger partial charge is 0.131 e. The average molecular weight is 274 g/mol. The summed E-state index contributed by atoms with van der Waals surface area (Å²) in [5.41, 5.74) is 1.59. The van der Waals surface area contributed by atoms with E-state index in [0.29, 0.717) is 11.3 Å². The van der Waals surface area contributed by atoms with Gasteiger partial charge in [0, 0.05) is 36.5 Å². The topological polar surface area (TPSA) is 34.1 Å². The van der Waals surface area contributed by atoms with Gasteiger partial charge < -0.3 is 10.1 Å². The van der Waals surface area contributed by atoms with Crippen LogP contribution in [0.2, 0.25) is 0 Å². The van der Waals surface area contributed by atoms with Gasteiger partial charge in [-0.05, 0) is 31.2 Å². The molecule has 0 aliphatic rings. The van der Waals surface area contributed by atoms with Gasteiger partial charge in [-0.2, -0.15) is 0 Å². The van der Waals surface area contributed by atoms with Crippen molar-refractivity contribution in [3.05, 3.63) is 59.7 Å². The predicted octanol–water partition coefficient (Wildman–Crippen LogP) is 3.12. The van der Waals surface area contributed by atoms with E-state index in [4.69, 9.17) is 4.74 Å². The normalized spacial score (nSPS) is 12.2. The highest BCUT2D eigenvalue weighted by Gasteiger charge is 2.15. The highest BCUT2D eigenvalue weighted by molar-refractivity contribution is 5.36. The zero-order chi connectivity index (χ0) is 14.4. The molecule has 106 valence electrons. The lowest BCUT2D eigenvalue weighted by Gasteiger charge is -2.17. The molecule has 2 rings (SSSR count). The molecule has 4 heteroatoms. The second-order valence-corrected chi connectivity index (χ2v) is 4.60. The summed E-state index contributed by atoms with van der Waals surface area (Å²) in [4.78, 5) is 4.26. The molecule has 2 aromatic rings. The van der Waals surface area contributed by atoms with E-state index in [1.165, 1.54) is 6.07 Å². The van der Waals surface area contributed by atoms with Crippen LogP contribution >= 0.6 is 0 Å². The second kappa shape index (κ2) is 7.01. The average Bonchev–Trinajstić information content (AvgIpc) is 2.47. The molecule has 0 saturated carbocycles. The Labute approximate surface area is 118 Å². The molecule has 0 fully saturated rings. The molecular formula is C16H19FN2O. The summed E-state index contributed by atoms with van der Waals surface area (Å²) in [6, 6.07) is 10.6. The maximum absolute atomic E-state index is 13.9. The zero-order valence-electron chi connectivity index (χ0n) is 11.8. The molecule has 0 unspecified atom stereocenters. The third-order valence-electron chi connectivity index (χ3n) is 3.22. The van der Waals surface area contributed by atoms with Gasteiger partial charge in [0.25, 0.3) is 0 Å². The zero-order valence-corrected chi connectivity index (χ0v) is 11.8. The molecule has 1 aromatic carbocycles. The van der Waals surface area contributed by atoms with Gasteiger partial charge in [0.1, 0.15) is 11.6 Å². The van der Waals surface area contributed by atoms with Crippen LogP contribution in [0.3, 0.4) is 0 Å². The Hall–Kier alpha value is -1.94. The first kappa shape index (κ1) is 14.5. The molecule has 0 radical (unpaired) electrons. The number of pyridine rings is 1. The highest BCUT2D eigenvalue weighted by atomic mass is 19.1. The van der Waals surface area contributed by atoms with Gasteiger partial charge in [-0.3, -0.25) is 4.98 Å². The van der Waals surface area contributed by atoms with E-state index >= 15 is 0 Å². The van der Waals surface area contributed by atoms with Crippen LogP contribution in [0.4, 0.5) is 4.39 Å². The summed E-state index contributed by atoms with van der Waals surface area (Å²) < 4.78 is 19.1. The standard InChI is InChI=1S/C16H19FN2O/c1-12(16-14(17)7-5-8-15(16)20-2)18-11-9-13-6-3-4-10-19-13/h3-8,10,12,18H,9,11H2,1-2H3/t12-/m1/s1. The van der Waals surface area contributed by atoms with E-state index in [0.717, 1.165) is 18.7 Å². The lowest BCUT2D eigenvalue weighted by molar-refractivity contribution is 0.394. The SMILES string of the molecule is COc1cccc(F)c1[C@@H](C)NCCc1ccccn1. The minimum absolute atomic E-state index is 0.116. The van der Waals surface area contributed by atoms with Crippen LogP contribution in [0.15, 0.2) is 42.6 Å². The highest BCUT2D eigenvalue weighted by Crippen LogP contribution is 2.27. The summed E-state index contributed by atoms with van der Waals surface area (Å²) in [5.74, 6) is 0.324. The number of nitrogens with zero attached hydrogens (tertiary/aromatic N) is 1. The fourth-order valence-corrected chi connectivity index (χ4v) is 2.18. The Bertz CT molecular complexity index is 545. The Morgan fingerprint density at radius 2 is 2.10 bits per heavy atom. The van der Waals surface area contributed by atoms with Crippen LogP contribution in [0.25, 0.3) is 0 Å². The maximum atomic E-state index is 13.9. The van der Waals surface area contributed by atoms with Crippen molar-refractivity contribution < 1.29 is 9.13 Å². The van der Waals surface area contributed by atoms with E-state index in [1.54, 1.807) is 25.4 Å². The van der Waals surface area contributed by atoms with Gasteiger partial charge in [0.05, 0.1) is 7.11 Å². The lowest BCUT2D eigenvalue weighted by Crippen LogP contribution is -2.23. The van der Waals surface area contributed by atoms with Crippen molar-refractivity contribution in [1.29, 1.82) is 0 Å². The fourth-order valence-electron chi connectivity index (χ4n) is 2.18. The van der Waals surface area contributed by atoms with Crippen LogP contribution in [0, 0.1) is 5.82 Å². The molecule has 3 nitrogen and oxygen atoms in total. The monoisotopic (exact) mass is 274 g/mol. The van der Waals surface area contributed by atoms with Crippen molar-refractivity contribution in [3.8, 4) is 5.75 Å². The summed E-state index contributed by atoms with van der Waals surface area (Å²) in [5, 5.41) is 3.30. The molecule has 1 N–H and O–H groups in total. The molecule has 1 heterocycles.